The van der Waals surface area contributed by atoms with Crippen LogP contribution in [0.5, 0.6) is 0 Å². The molecule has 3 aromatic rings. The molecule has 3 aromatic carbocycles. The second-order valence-electron chi connectivity index (χ2n) is 11.2. The fourth-order valence-electron chi connectivity index (χ4n) is 5.31. The predicted molar refractivity (Wildman–Crippen MR) is 168 cm³/mol. The minimum atomic E-state index is -0.307. The van der Waals surface area contributed by atoms with Gasteiger partial charge in [-0.3, -0.25) is 0 Å². The van der Waals surface area contributed by atoms with Gasteiger partial charge in [0, 0.05) is 18.8 Å². The molecule has 0 fully saturated rings. The fraction of sp³-hybridized carbons (Fsp3) is 0.314. The Kier molecular flexibility index (Phi) is 9.59. The fourth-order valence-corrected chi connectivity index (χ4v) is 5.31. The summed E-state index contributed by atoms with van der Waals surface area (Å²) in [6, 6.07) is 23.0. The molecule has 0 aromatic heterocycles. The molecule has 1 heterocycles. The number of unbranched alkanes of at least 4 members (excludes halogenated alkanes) is 5. The van der Waals surface area contributed by atoms with Crippen LogP contribution >= 0.6 is 0 Å². The highest BCUT2D eigenvalue weighted by Gasteiger charge is 2.16. The zero-order chi connectivity index (χ0) is 29.5. The van der Waals surface area contributed by atoms with Crippen LogP contribution in [0.25, 0.3) is 22.4 Å². The lowest BCUT2D eigenvalue weighted by Gasteiger charge is -2.21. The van der Waals surface area contributed by atoms with Crippen molar-refractivity contribution in [1.82, 2.24) is 14.5 Å². The number of nitrogens with one attached hydrogen (secondary N) is 1. The Morgan fingerprint density at radius 1 is 0.810 bits per heavy atom. The molecule has 1 aliphatic heterocycles. The quantitative estimate of drug-likeness (QED) is 0.121. The molecule has 218 valence electrons. The van der Waals surface area contributed by atoms with Gasteiger partial charge in [-0.15, -0.1) is 0 Å². The van der Waals surface area contributed by atoms with Gasteiger partial charge >= 0.3 is 0 Å². The van der Waals surface area contributed by atoms with E-state index in [1.54, 1.807) is 24.3 Å². The Labute approximate surface area is 246 Å². The van der Waals surface area contributed by atoms with Gasteiger partial charge in [0.2, 0.25) is 0 Å². The molecule has 0 atom stereocenters. The van der Waals surface area contributed by atoms with E-state index < -0.39 is 0 Å². The van der Waals surface area contributed by atoms with Crippen molar-refractivity contribution in [3.63, 3.8) is 0 Å². The highest BCUT2D eigenvalue weighted by Crippen LogP contribution is 2.29. The molecule has 0 saturated heterocycles. The van der Waals surface area contributed by atoms with Gasteiger partial charge in [0.25, 0.3) is 0 Å². The molecule has 0 spiro atoms. The summed E-state index contributed by atoms with van der Waals surface area (Å²) in [7, 11) is 4.13. The lowest BCUT2D eigenvalue weighted by Crippen LogP contribution is -2.16. The van der Waals surface area contributed by atoms with Crippen LogP contribution in [0.3, 0.4) is 0 Å². The largest absolute Gasteiger partial charge is 0.354 e. The van der Waals surface area contributed by atoms with Gasteiger partial charge in [-0.1, -0.05) is 45.1 Å². The van der Waals surface area contributed by atoms with Crippen LogP contribution in [0, 0.1) is 11.6 Å². The van der Waals surface area contributed by atoms with E-state index >= 15 is 0 Å². The number of hydrogen-bond acceptors (Lipinski definition) is 4. The normalized spacial score (nSPS) is 12.1. The number of rotatable bonds is 12. The first kappa shape index (κ1) is 29.4. The summed E-state index contributed by atoms with van der Waals surface area (Å²) in [6.45, 7) is 3.94. The Hall–Kier alpha value is -4.10. The molecular formula is C35H39F2N5. The van der Waals surface area contributed by atoms with Crippen LogP contribution in [-0.4, -0.2) is 28.5 Å². The third-order valence-electron chi connectivity index (χ3n) is 7.39. The van der Waals surface area contributed by atoms with Crippen molar-refractivity contribution < 1.29 is 8.78 Å². The number of anilines is 2. The summed E-state index contributed by atoms with van der Waals surface area (Å²) in [5.74, 6) is -0.606. The Morgan fingerprint density at radius 3 is 2.21 bits per heavy atom. The van der Waals surface area contributed by atoms with Crippen LogP contribution < -0.4 is 10.7 Å². The number of fused-ring (bicyclic) bond motifs is 2. The van der Waals surface area contributed by atoms with Crippen LogP contribution in [0.4, 0.5) is 25.8 Å². The number of aromatic nitrogens is 2. The van der Waals surface area contributed by atoms with Crippen LogP contribution in [-0.2, 0) is 13.1 Å². The molecule has 7 heteroatoms. The SMILES string of the molecule is CCCCCCCCn1c2cc(=Nc3ccc(F)cc3)c(Nc3ccc(F)cc3)cc-2nc2cc(CN(C)C)ccc21. The summed E-state index contributed by atoms with van der Waals surface area (Å²) in [4.78, 5) is 12.2. The second-order valence-corrected chi connectivity index (χ2v) is 11.2. The number of aryl methyl sites for hydroxylation is 1. The first-order chi connectivity index (χ1) is 20.4. The van der Waals surface area contributed by atoms with E-state index in [1.165, 1.54) is 61.9 Å². The summed E-state index contributed by atoms with van der Waals surface area (Å²) < 4.78 is 29.6. The molecule has 1 aliphatic carbocycles. The topological polar surface area (TPSA) is 45.5 Å². The standard InChI is InChI=1S/C35H39F2N5/c1-4-5-6-7-8-9-20-42-34-19-10-25(24-41(2)3)21-32(34)40-33-22-30(38-28-15-11-26(36)12-16-28)31(23-35(33)42)39-29-17-13-27(37)14-18-29/h10-19,21-23,38H,4-9,20,24H2,1-3H3. The number of hydrogen-bond donors (Lipinski definition) is 1. The van der Waals surface area contributed by atoms with Crippen LogP contribution in [0.2, 0.25) is 0 Å². The minimum Gasteiger partial charge on any atom is -0.354 e. The van der Waals surface area contributed by atoms with Crippen molar-refractivity contribution >= 4 is 28.1 Å². The Morgan fingerprint density at radius 2 is 1.50 bits per heavy atom. The molecule has 2 aliphatic rings. The van der Waals surface area contributed by atoms with Crippen molar-refractivity contribution in [2.24, 2.45) is 4.99 Å². The maximum absolute atomic E-state index is 13.6. The maximum atomic E-state index is 13.6. The van der Waals surface area contributed by atoms with Gasteiger partial charge in [-0.05, 0) is 98.9 Å². The summed E-state index contributed by atoms with van der Waals surface area (Å²) in [5, 5.41) is 4.10. The van der Waals surface area contributed by atoms with Gasteiger partial charge in [-0.25, -0.2) is 18.8 Å². The third kappa shape index (κ3) is 7.39. The van der Waals surface area contributed by atoms with E-state index in [2.05, 4.69) is 60.1 Å². The molecule has 0 radical (unpaired) electrons. The van der Waals surface area contributed by atoms with E-state index in [1.807, 2.05) is 6.07 Å². The average molecular weight is 568 g/mol. The van der Waals surface area contributed by atoms with Crippen LogP contribution in [0.15, 0.2) is 83.9 Å². The molecule has 1 N–H and O–H groups in total. The lowest BCUT2D eigenvalue weighted by atomic mass is 10.1. The average Bonchev–Trinajstić information content (AvgIpc) is 2.97. The Balaban J connectivity index is 1.66. The summed E-state index contributed by atoms with van der Waals surface area (Å²) >= 11 is 0. The smallest absolute Gasteiger partial charge is 0.123 e. The summed E-state index contributed by atoms with van der Waals surface area (Å²) in [6.07, 6.45) is 7.26. The second kappa shape index (κ2) is 13.7. The monoisotopic (exact) mass is 567 g/mol. The van der Waals surface area contributed by atoms with Crippen molar-refractivity contribution in [2.75, 3.05) is 19.4 Å². The van der Waals surface area contributed by atoms with E-state index in [0.29, 0.717) is 11.0 Å². The molecule has 0 amide bonds. The molecular weight excluding hydrogens is 528 g/mol. The lowest BCUT2D eigenvalue weighted by molar-refractivity contribution is 0.402. The predicted octanol–water partition coefficient (Wildman–Crippen LogP) is 8.82. The van der Waals surface area contributed by atoms with Crippen molar-refractivity contribution in [2.45, 2.75) is 58.5 Å². The molecule has 5 rings (SSSR count). The number of nitrogens with zero attached hydrogens (tertiary/aromatic N) is 4. The highest BCUT2D eigenvalue weighted by molar-refractivity contribution is 5.82. The van der Waals surface area contributed by atoms with Crippen molar-refractivity contribution in [1.29, 1.82) is 0 Å². The Bertz CT molecular complexity index is 1660. The molecule has 0 bridgehead atoms. The van der Waals surface area contributed by atoms with E-state index in [0.717, 1.165) is 53.3 Å². The first-order valence-corrected chi connectivity index (χ1v) is 14.8. The molecule has 0 unspecified atom stereocenters. The van der Waals surface area contributed by atoms with E-state index in [-0.39, 0.29) is 11.6 Å². The highest BCUT2D eigenvalue weighted by atomic mass is 19.1. The van der Waals surface area contributed by atoms with E-state index in [4.69, 9.17) is 9.98 Å². The van der Waals surface area contributed by atoms with Gasteiger partial charge in [0.1, 0.15) is 11.6 Å². The van der Waals surface area contributed by atoms with Crippen molar-refractivity contribution in [3.8, 4) is 11.4 Å². The number of benzene rings is 4. The van der Waals surface area contributed by atoms with Gasteiger partial charge in [0.05, 0.1) is 39.2 Å². The van der Waals surface area contributed by atoms with Gasteiger partial charge in [0.15, 0.2) is 0 Å². The summed E-state index contributed by atoms with van der Waals surface area (Å²) in [5.41, 5.74) is 7.19. The maximum Gasteiger partial charge on any atom is 0.123 e. The number of halogens is 2. The molecule has 42 heavy (non-hydrogen) atoms. The first-order valence-electron chi connectivity index (χ1n) is 14.8. The minimum absolute atomic E-state index is 0.298. The molecule has 5 nitrogen and oxygen atoms in total. The molecule has 0 saturated carbocycles. The third-order valence-corrected chi connectivity index (χ3v) is 7.39. The zero-order valence-corrected chi connectivity index (χ0v) is 24.7. The van der Waals surface area contributed by atoms with Gasteiger partial charge in [-0.2, -0.15) is 0 Å². The van der Waals surface area contributed by atoms with Gasteiger partial charge < -0.3 is 14.8 Å². The zero-order valence-electron chi connectivity index (χ0n) is 24.7. The van der Waals surface area contributed by atoms with Crippen molar-refractivity contribution in [3.05, 3.63) is 101 Å². The van der Waals surface area contributed by atoms with Crippen LogP contribution in [0.1, 0.15) is 51.0 Å². The van der Waals surface area contributed by atoms with E-state index in [9.17, 15) is 8.78 Å².